The van der Waals surface area contributed by atoms with Gasteiger partial charge in [0.15, 0.2) is 0 Å². The minimum Gasteiger partial charge on any atom is -0.393 e. The van der Waals surface area contributed by atoms with E-state index >= 15 is 0 Å². The molecule has 0 amide bonds. The summed E-state index contributed by atoms with van der Waals surface area (Å²) in [5, 5.41) is 21.1. The van der Waals surface area contributed by atoms with E-state index in [1.165, 1.54) is 29.5 Å². The number of rotatable bonds is 1. The Hall–Kier alpha value is -1.31. The minimum atomic E-state index is -0.146. The lowest BCUT2D eigenvalue weighted by Crippen LogP contribution is -2.51. The van der Waals surface area contributed by atoms with Gasteiger partial charge in [0.1, 0.15) is 11.1 Å². The molecule has 1 aromatic heterocycles. The molecule has 4 aliphatic carbocycles. The lowest BCUT2D eigenvalue weighted by Gasteiger charge is -2.57. The van der Waals surface area contributed by atoms with Crippen molar-refractivity contribution in [1.29, 1.82) is 5.26 Å². The predicted molar refractivity (Wildman–Crippen MR) is 117 cm³/mol. The van der Waals surface area contributed by atoms with E-state index in [0.717, 1.165) is 48.4 Å². The first kappa shape index (κ1) is 19.6. The Morgan fingerprint density at radius 3 is 2.66 bits per heavy atom. The van der Waals surface area contributed by atoms with Crippen LogP contribution in [0.5, 0.6) is 0 Å². The number of allylic oxidation sites excluding steroid dienone is 1. The number of aryl methyl sites for hydroxylation is 1. The van der Waals surface area contributed by atoms with Crippen LogP contribution in [0.1, 0.15) is 74.8 Å². The highest BCUT2D eigenvalue weighted by molar-refractivity contribution is 7.98. The van der Waals surface area contributed by atoms with E-state index in [1.807, 2.05) is 6.26 Å². The maximum atomic E-state index is 10.2. The lowest BCUT2D eigenvalue weighted by atomic mass is 9.47. The van der Waals surface area contributed by atoms with Crippen LogP contribution in [-0.4, -0.2) is 22.5 Å². The number of thioether (sulfide) groups is 1. The molecule has 4 heteroatoms. The molecule has 3 nitrogen and oxygen atoms in total. The van der Waals surface area contributed by atoms with Gasteiger partial charge in [-0.2, -0.15) is 5.26 Å². The van der Waals surface area contributed by atoms with Crippen molar-refractivity contribution in [1.82, 2.24) is 4.98 Å². The van der Waals surface area contributed by atoms with Gasteiger partial charge < -0.3 is 5.11 Å². The summed E-state index contributed by atoms with van der Waals surface area (Å²) in [7, 11) is 0. The molecule has 1 N–H and O–H groups in total. The summed E-state index contributed by atoms with van der Waals surface area (Å²) in [4.78, 5) is 4.86. The first-order chi connectivity index (χ1) is 13.8. The highest BCUT2D eigenvalue weighted by Crippen LogP contribution is 2.64. The Labute approximate surface area is 179 Å². The van der Waals surface area contributed by atoms with Crippen LogP contribution >= 0.6 is 11.8 Å². The van der Waals surface area contributed by atoms with Gasteiger partial charge in [-0.25, -0.2) is 4.98 Å². The first-order valence-corrected chi connectivity index (χ1v) is 12.4. The minimum absolute atomic E-state index is 0.145. The van der Waals surface area contributed by atoms with Gasteiger partial charge >= 0.3 is 0 Å². The van der Waals surface area contributed by atoms with Gasteiger partial charge in [0.05, 0.1) is 11.7 Å². The second kappa shape index (κ2) is 6.59. The van der Waals surface area contributed by atoms with Crippen molar-refractivity contribution < 1.29 is 5.11 Å². The van der Waals surface area contributed by atoms with Crippen LogP contribution in [0.15, 0.2) is 16.7 Å². The number of aliphatic hydroxyl groups excluding tert-OH is 1. The average Bonchev–Trinajstić information content (AvgIpc) is 3.02. The van der Waals surface area contributed by atoms with Crippen LogP contribution in [-0.2, 0) is 11.8 Å². The number of aliphatic hydroxyl groups is 1. The van der Waals surface area contributed by atoms with Crippen LogP contribution in [0.4, 0.5) is 0 Å². The summed E-state index contributed by atoms with van der Waals surface area (Å²) in [5.41, 5.74) is 6.61. The number of fused-ring (bicyclic) bond motifs is 7. The molecule has 1 aromatic rings. The zero-order valence-electron chi connectivity index (χ0n) is 18.1. The average molecular weight is 409 g/mol. The van der Waals surface area contributed by atoms with E-state index in [2.05, 4.69) is 32.9 Å². The Morgan fingerprint density at radius 2 is 1.93 bits per heavy atom. The second-order valence-electron chi connectivity index (χ2n) is 10.4. The maximum Gasteiger partial charge on any atom is 0.114 e. The molecule has 1 heterocycles. The second-order valence-corrected chi connectivity index (χ2v) is 11.2. The fraction of sp³-hybridized carbons (Fsp3) is 0.680. The van der Waals surface area contributed by atoms with Gasteiger partial charge in [-0.1, -0.05) is 25.5 Å². The molecule has 4 aliphatic rings. The molecular weight excluding hydrogens is 376 g/mol. The van der Waals surface area contributed by atoms with Gasteiger partial charge in [-0.15, -0.1) is 11.8 Å². The smallest absolute Gasteiger partial charge is 0.114 e. The maximum absolute atomic E-state index is 10.2. The van der Waals surface area contributed by atoms with E-state index in [9.17, 15) is 10.4 Å². The number of pyridine rings is 1. The van der Waals surface area contributed by atoms with E-state index in [0.29, 0.717) is 17.8 Å². The monoisotopic (exact) mass is 408 g/mol. The quantitative estimate of drug-likeness (QED) is 0.505. The van der Waals surface area contributed by atoms with Crippen molar-refractivity contribution in [3.8, 4) is 6.07 Å². The summed E-state index contributed by atoms with van der Waals surface area (Å²) in [6, 6.07) is 2.51. The van der Waals surface area contributed by atoms with Crippen LogP contribution in [0, 0.1) is 41.4 Å². The van der Waals surface area contributed by atoms with Gasteiger partial charge in [-0.3, -0.25) is 0 Å². The SMILES string of the molecule is CSc1nc(C)c2c(c1C#N)C[C@@H]1[C@H]3CC=C4C[C@@H](O)CC[C@]4(C)[C@@H]3CC[C@]21C. The van der Waals surface area contributed by atoms with Gasteiger partial charge in [0.25, 0.3) is 0 Å². The molecule has 0 aromatic carbocycles. The highest BCUT2D eigenvalue weighted by Gasteiger charge is 2.58. The molecular formula is C25H32N2OS. The molecule has 5 rings (SSSR count). The Kier molecular flexibility index (Phi) is 4.47. The molecule has 0 aliphatic heterocycles. The molecule has 0 spiro atoms. The van der Waals surface area contributed by atoms with E-state index in [-0.39, 0.29) is 16.9 Å². The Balaban J connectivity index is 1.59. The molecule has 154 valence electrons. The van der Waals surface area contributed by atoms with Crippen LogP contribution < -0.4 is 0 Å². The van der Waals surface area contributed by atoms with Gasteiger partial charge in [0, 0.05) is 5.69 Å². The molecule has 29 heavy (non-hydrogen) atoms. The molecule has 0 radical (unpaired) electrons. The molecule has 0 unspecified atom stereocenters. The third-order valence-electron chi connectivity index (χ3n) is 9.22. The number of hydrogen-bond donors (Lipinski definition) is 1. The first-order valence-electron chi connectivity index (χ1n) is 11.2. The summed E-state index contributed by atoms with van der Waals surface area (Å²) in [6.45, 7) is 7.09. The van der Waals surface area contributed by atoms with Crippen molar-refractivity contribution in [3.05, 3.63) is 34.0 Å². The standard InChI is InChI=1S/C25H32N2OS/c1-14-22-18(19(13-26)23(27-14)29-4)12-21-17-6-5-15-11-16(28)7-9-24(15,2)20(17)8-10-25(21,22)3/h5,16-17,20-21,28H,6-12H2,1-4H3/t16-,17-,20+,21+,24-,25-/m0/s1. The molecule has 2 fully saturated rings. The Bertz CT molecular complexity index is 947. The summed E-state index contributed by atoms with van der Waals surface area (Å²) >= 11 is 1.60. The van der Waals surface area contributed by atoms with Gasteiger partial charge in [-0.05, 0) is 97.8 Å². The predicted octanol–water partition coefficient (Wildman–Crippen LogP) is 5.32. The largest absolute Gasteiger partial charge is 0.393 e. The van der Waals surface area contributed by atoms with Crippen molar-refractivity contribution in [3.63, 3.8) is 0 Å². The van der Waals surface area contributed by atoms with E-state index < -0.39 is 0 Å². The van der Waals surface area contributed by atoms with Crippen molar-refractivity contribution in [2.75, 3.05) is 6.26 Å². The molecule has 0 bridgehead atoms. The highest BCUT2D eigenvalue weighted by atomic mass is 32.2. The van der Waals surface area contributed by atoms with E-state index in [1.54, 1.807) is 11.8 Å². The van der Waals surface area contributed by atoms with Crippen LogP contribution in [0.3, 0.4) is 0 Å². The van der Waals surface area contributed by atoms with Gasteiger partial charge in [0.2, 0.25) is 0 Å². The topological polar surface area (TPSA) is 56.9 Å². The fourth-order valence-corrected chi connectivity index (χ4v) is 8.43. The van der Waals surface area contributed by atoms with Crippen LogP contribution in [0.2, 0.25) is 0 Å². The van der Waals surface area contributed by atoms with Crippen molar-refractivity contribution in [2.24, 2.45) is 23.2 Å². The van der Waals surface area contributed by atoms with Crippen molar-refractivity contribution in [2.45, 2.75) is 82.3 Å². The normalized spacial score (nSPS) is 40.2. The van der Waals surface area contributed by atoms with Crippen LogP contribution in [0.25, 0.3) is 0 Å². The summed E-state index contributed by atoms with van der Waals surface area (Å²) < 4.78 is 0. The number of nitrogens with zero attached hydrogens (tertiary/aromatic N) is 2. The third kappa shape index (κ3) is 2.56. The number of hydrogen-bond acceptors (Lipinski definition) is 4. The zero-order chi connectivity index (χ0) is 20.6. The van der Waals surface area contributed by atoms with Crippen molar-refractivity contribution >= 4 is 11.8 Å². The lowest BCUT2D eigenvalue weighted by molar-refractivity contribution is -0.0164. The summed E-state index contributed by atoms with van der Waals surface area (Å²) in [5.74, 6) is 1.98. The number of aromatic nitrogens is 1. The summed E-state index contributed by atoms with van der Waals surface area (Å²) in [6.07, 6.45) is 11.9. The zero-order valence-corrected chi connectivity index (χ0v) is 18.9. The third-order valence-corrected chi connectivity index (χ3v) is 9.90. The number of nitriles is 1. The van der Waals surface area contributed by atoms with E-state index in [4.69, 9.17) is 4.98 Å². The fourth-order valence-electron chi connectivity index (χ4n) is 7.83. The molecule has 0 saturated heterocycles. The molecule has 6 atom stereocenters. The molecule has 2 saturated carbocycles. The Morgan fingerprint density at radius 1 is 1.17 bits per heavy atom.